The van der Waals surface area contributed by atoms with E-state index in [4.69, 9.17) is 20.2 Å². The van der Waals surface area contributed by atoms with E-state index in [0.29, 0.717) is 18.2 Å². The highest BCUT2D eigenvalue weighted by molar-refractivity contribution is 5.91. The fourth-order valence-electron chi connectivity index (χ4n) is 1.10. The van der Waals surface area contributed by atoms with Gasteiger partial charge in [0.15, 0.2) is 0 Å². The van der Waals surface area contributed by atoms with Crippen molar-refractivity contribution in [2.24, 2.45) is 5.41 Å². The van der Waals surface area contributed by atoms with Gasteiger partial charge in [-0.15, -0.1) is 0 Å². The largest absolute Gasteiger partial charge is 0.478 e. The summed E-state index contributed by atoms with van der Waals surface area (Å²) >= 11 is 0. The Bertz CT molecular complexity index is 586. The summed E-state index contributed by atoms with van der Waals surface area (Å²) in [6, 6.07) is 0. The standard InChI is InChI=1S/C11H16O6.C4H4O5/c1-7(11(2,3)10(15)16-4)17-9(14)6-5-8(12)13;5-3(6)1-2-4(7)9-8/h5-7H,1-4H3,(H,12,13);1-2,8H,(H,5,6)/b6-5-;2-1-. The minimum atomic E-state index is -1.28. The predicted octanol–water partition coefficient (Wildman–Crippen LogP) is 0.402. The maximum absolute atomic E-state index is 11.4. The molecule has 0 heterocycles. The third-order valence-corrected chi connectivity index (χ3v) is 2.83. The van der Waals surface area contributed by atoms with Crippen LogP contribution in [0.2, 0.25) is 0 Å². The van der Waals surface area contributed by atoms with Gasteiger partial charge in [-0.05, 0) is 20.8 Å². The lowest BCUT2D eigenvalue weighted by atomic mass is 9.87. The lowest BCUT2D eigenvalue weighted by Gasteiger charge is -2.27. The molecule has 0 aliphatic rings. The molecule has 0 aromatic carbocycles. The molecular weight excluding hydrogens is 356 g/mol. The van der Waals surface area contributed by atoms with Crippen LogP contribution in [0.4, 0.5) is 0 Å². The molecule has 0 rings (SSSR count). The lowest BCUT2D eigenvalue weighted by molar-refractivity contribution is -0.228. The first-order valence-corrected chi connectivity index (χ1v) is 6.84. The van der Waals surface area contributed by atoms with E-state index in [1.54, 1.807) is 13.8 Å². The zero-order chi connectivity index (χ0) is 20.9. The number of hydrogen-bond donors (Lipinski definition) is 3. The van der Waals surface area contributed by atoms with Crippen LogP contribution in [0.3, 0.4) is 0 Å². The second kappa shape index (κ2) is 12.2. The highest BCUT2D eigenvalue weighted by Crippen LogP contribution is 2.24. The number of hydrogen-bond acceptors (Lipinski definition) is 9. The van der Waals surface area contributed by atoms with Gasteiger partial charge in [-0.25, -0.2) is 19.2 Å². The van der Waals surface area contributed by atoms with Gasteiger partial charge in [0.2, 0.25) is 0 Å². The number of carboxylic acid groups (broad SMARTS) is 2. The van der Waals surface area contributed by atoms with E-state index in [0.717, 1.165) is 6.08 Å². The van der Waals surface area contributed by atoms with Crippen molar-refractivity contribution < 1.29 is 53.8 Å². The van der Waals surface area contributed by atoms with Crippen molar-refractivity contribution in [3.05, 3.63) is 24.3 Å². The van der Waals surface area contributed by atoms with E-state index < -0.39 is 41.4 Å². The van der Waals surface area contributed by atoms with Crippen LogP contribution in [0.25, 0.3) is 0 Å². The molecule has 0 aliphatic heterocycles. The van der Waals surface area contributed by atoms with Gasteiger partial charge in [0, 0.05) is 24.3 Å². The summed E-state index contributed by atoms with van der Waals surface area (Å²) in [6.07, 6.45) is 1.86. The maximum Gasteiger partial charge on any atom is 0.365 e. The average molecular weight is 376 g/mol. The topological polar surface area (TPSA) is 174 Å². The smallest absolute Gasteiger partial charge is 0.365 e. The van der Waals surface area contributed by atoms with E-state index in [2.05, 4.69) is 9.62 Å². The molecule has 0 bridgehead atoms. The van der Waals surface area contributed by atoms with Crippen molar-refractivity contribution in [1.82, 2.24) is 0 Å². The molecule has 0 aromatic heterocycles. The third-order valence-electron chi connectivity index (χ3n) is 2.83. The number of ether oxygens (including phenoxy) is 2. The van der Waals surface area contributed by atoms with Crippen LogP contribution in [0, 0.1) is 5.41 Å². The Kier molecular flexibility index (Phi) is 11.7. The number of carbonyl (C=O) groups excluding carboxylic acids is 3. The maximum atomic E-state index is 11.4. The average Bonchev–Trinajstić information content (AvgIpc) is 2.57. The molecule has 0 radical (unpaired) electrons. The van der Waals surface area contributed by atoms with Crippen molar-refractivity contribution in [3.8, 4) is 0 Å². The van der Waals surface area contributed by atoms with Gasteiger partial charge in [-0.1, -0.05) is 0 Å². The Morgan fingerprint density at radius 1 is 0.885 bits per heavy atom. The van der Waals surface area contributed by atoms with E-state index in [-0.39, 0.29) is 0 Å². The monoisotopic (exact) mass is 376 g/mol. The molecule has 0 saturated carbocycles. The van der Waals surface area contributed by atoms with Gasteiger partial charge in [-0.2, -0.15) is 5.26 Å². The molecule has 3 N–H and O–H groups in total. The van der Waals surface area contributed by atoms with Crippen molar-refractivity contribution in [1.29, 1.82) is 0 Å². The van der Waals surface area contributed by atoms with Gasteiger partial charge < -0.3 is 19.7 Å². The van der Waals surface area contributed by atoms with Crippen molar-refractivity contribution in [2.45, 2.75) is 26.9 Å². The second-order valence-corrected chi connectivity index (χ2v) is 5.05. The number of aliphatic carboxylic acids is 2. The molecule has 0 aromatic rings. The Hall–Kier alpha value is -3.21. The molecule has 146 valence electrons. The number of methoxy groups -OCH3 is 1. The Balaban J connectivity index is 0. The number of rotatable bonds is 7. The molecular formula is C15H20O11. The lowest BCUT2D eigenvalue weighted by Crippen LogP contribution is -2.39. The van der Waals surface area contributed by atoms with Crippen LogP contribution in [0.15, 0.2) is 24.3 Å². The normalized spacial score (nSPS) is 11.9. The zero-order valence-corrected chi connectivity index (χ0v) is 14.5. The van der Waals surface area contributed by atoms with Crippen LogP contribution in [-0.4, -0.2) is 58.5 Å². The first-order valence-electron chi connectivity index (χ1n) is 6.84. The van der Waals surface area contributed by atoms with E-state index in [1.165, 1.54) is 14.0 Å². The molecule has 1 unspecified atom stereocenters. The first kappa shape index (κ1) is 25.0. The van der Waals surface area contributed by atoms with Gasteiger partial charge in [0.05, 0.1) is 12.5 Å². The molecule has 0 spiro atoms. The Morgan fingerprint density at radius 3 is 1.65 bits per heavy atom. The predicted molar refractivity (Wildman–Crippen MR) is 83.6 cm³/mol. The minimum absolute atomic E-state index is 0.514. The van der Waals surface area contributed by atoms with Gasteiger partial charge >= 0.3 is 29.8 Å². The second-order valence-electron chi connectivity index (χ2n) is 5.05. The van der Waals surface area contributed by atoms with Gasteiger partial charge in [-0.3, -0.25) is 9.68 Å². The minimum Gasteiger partial charge on any atom is -0.478 e. The molecule has 26 heavy (non-hydrogen) atoms. The highest BCUT2D eigenvalue weighted by Gasteiger charge is 2.37. The van der Waals surface area contributed by atoms with Crippen LogP contribution in [0.1, 0.15) is 20.8 Å². The molecule has 0 aliphatic carbocycles. The summed E-state index contributed by atoms with van der Waals surface area (Å²) in [5, 5.41) is 23.7. The third kappa shape index (κ3) is 11.3. The van der Waals surface area contributed by atoms with Crippen molar-refractivity contribution in [3.63, 3.8) is 0 Å². The fourth-order valence-corrected chi connectivity index (χ4v) is 1.10. The van der Waals surface area contributed by atoms with Crippen LogP contribution < -0.4 is 0 Å². The van der Waals surface area contributed by atoms with Crippen LogP contribution in [-0.2, 0) is 38.3 Å². The zero-order valence-electron chi connectivity index (χ0n) is 14.5. The Morgan fingerprint density at radius 2 is 1.31 bits per heavy atom. The van der Waals surface area contributed by atoms with Crippen molar-refractivity contribution >= 4 is 29.8 Å². The SMILES string of the molecule is COC(=O)C(C)(C)C(C)OC(=O)/C=C\C(=O)O.O=C(O)/C=C\C(=O)OO. The van der Waals surface area contributed by atoms with Crippen LogP contribution in [0.5, 0.6) is 0 Å². The number of esters is 2. The summed E-state index contributed by atoms with van der Waals surface area (Å²) in [4.78, 5) is 55.4. The molecule has 11 heteroatoms. The molecule has 1 atom stereocenters. The van der Waals surface area contributed by atoms with Crippen LogP contribution >= 0.6 is 0 Å². The quantitative estimate of drug-likeness (QED) is 0.184. The van der Waals surface area contributed by atoms with Crippen molar-refractivity contribution in [2.75, 3.05) is 7.11 Å². The summed E-state index contributed by atoms with van der Waals surface area (Å²) in [5.41, 5.74) is -0.999. The molecule has 0 amide bonds. The number of carbonyl (C=O) groups is 5. The molecule has 0 saturated heterocycles. The highest BCUT2D eigenvalue weighted by atomic mass is 17.1. The first-order chi connectivity index (χ1) is 11.9. The molecule has 0 fully saturated rings. The fraction of sp³-hybridized carbons (Fsp3) is 0.400. The summed E-state index contributed by atoms with van der Waals surface area (Å²) in [5.74, 6) is -4.98. The van der Waals surface area contributed by atoms with E-state index in [9.17, 15) is 24.0 Å². The number of carboxylic acids is 2. The van der Waals surface area contributed by atoms with E-state index >= 15 is 0 Å². The summed E-state index contributed by atoms with van der Waals surface area (Å²) in [6.45, 7) is 4.67. The summed E-state index contributed by atoms with van der Waals surface area (Å²) in [7, 11) is 1.24. The van der Waals surface area contributed by atoms with Gasteiger partial charge in [0.25, 0.3) is 0 Å². The summed E-state index contributed by atoms with van der Waals surface area (Å²) < 4.78 is 9.47. The molecule has 11 nitrogen and oxygen atoms in total. The van der Waals surface area contributed by atoms with Gasteiger partial charge in [0.1, 0.15) is 6.10 Å². The van der Waals surface area contributed by atoms with E-state index in [1.807, 2.05) is 0 Å². The Labute approximate surface area is 148 Å².